The van der Waals surface area contributed by atoms with Crippen LogP contribution in [0, 0.1) is 6.92 Å². The van der Waals surface area contributed by atoms with Crippen molar-refractivity contribution in [3.8, 4) is 0 Å². The first-order chi connectivity index (χ1) is 10.8. The monoisotopic (exact) mass is 290 g/mol. The lowest BCUT2D eigenvalue weighted by atomic mass is 10.1. The van der Waals surface area contributed by atoms with Crippen LogP contribution in [0.2, 0.25) is 0 Å². The second-order valence-corrected chi connectivity index (χ2v) is 5.73. The molecule has 0 amide bonds. The Morgan fingerprint density at radius 1 is 1.05 bits per heavy atom. The highest BCUT2D eigenvalue weighted by Gasteiger charge is 2.12. The molecule has 0 saturated carbocycles. The van der Waals surface area contributed by atoms with Crippen molar-refractivity contribution in [2.45, 2.75) is 32.6 Å². The van der Waals surface area contributed by atoms with E-state index in [1.54, 1.807) is 0 Å². The lowest BCUT2D eigenvalue weighted by molar-refractivity contribution is 0.836. The molecule has 0 spiro atoms. The number of aromatic amines is 1. The number of H-pyrrole nitrogens is 1. The lowest BCUT2D eigenvalue weighted by Gasteiger charge is -2.05. The van der Waals surface area contributed by atoms with Crippen molar-refractivity contribution in [1.82, 2.24) is 19.9 Å². The predicted molar refractivity (Wildman–Crippen MR) is 87.6 cm³/mol. The number of nitrogens with zero attached hydrogens (tertiary/aromatic N) is 3. The molecule has 3 aromatic rings. The average molecular weight is 290 g/mol. The van der Waals surface area contributed by atoms with Gasteiger partial charge in [-0.25, -0.2) is 15.0 Å². The summed E-state index contributed by atoms with van der Waals surface area (Å²) in [6.45, 7) is 2.03. The van der Waals surface area contributed by atoms with Gasteiger partial charge in [-0.3, -0.25) is 0 Å². The minimum Gasteiger partial charge on any atom is -0.345 e. The van der Waals surface area contributed by atoms with E-state index in [2.05, 4.69) is 27.1 Å². The van der Waals surface area contributed by atoms with E-state index in [9.17, 15) is 0 Å². The first-order valence-electron chi connectivity index (χ1n) is 7.76. The van der Waals surface area contributed by atoms with Crippen molar-refractivity contribution >= 4 is 17.1 Å². The molecule has 0 aliphatic heterocycles. The van der Waals surface area contributed by atoms with E-state index in [0.717, 1.165) is 59.6 Å². The molecule has 22 heavy (non-hydrogen) atoms. The molecule has 4 heteroatoms. The minimum atomic E-state index is 0.861. The number of nitrogens with one attached hydrogen (secondary N) is 1. The molecule has 0 bridgehead atoms. The number of rotatable bonds is 3. The molecule has 1 aromatic carbocycles. The average Bonchev–Trinajstić information content (AvgIpc) is 2.95. The standard InChI is InChI=1S/C18H18N4/c1-12-13(20-15-7-3-2-6-14(15)19-12)10-11-18-21-16-8-4-5-9-17(16)22-18/h2-4,6-8H,5,9-11H2,1H3,(H,21,22). The molecular formula is C18H18N4. The van der Waals surface area contributed by atoms with Crippen molar-refractivity contribution in [2.24, 2.45) is 0 Å². The minimum absolute atomic E-state index is 0.861. The zero-order valence-corrected chi connectivity index (χ0v) is 12.6. The van der Waals surface area contributed by atoms with E-state index in [1.807, 2.05) is 31.2 Å². The van der Waals surface area contributed by atoms with Crippen LogP contribution < -0.4 is 0 Å². The summed E-state index contributed by atoms with van der Waals surface area (Å²) in [5.74, 6) is 1.05. The van der Waals surface area contributed by atoms with Crippen LogP contribution in [-0.4, -0.2) is 19.9 Å². The van der Waals surface area contributed by atoms with Gasteiger partial charge in [0.15, 0.2) is 0 Å². The van der Waals surface area contributed by atoms with E-state index in [4.69, 9.17) is 4.98 Å². The van der Waals surface area contributed by atoms with Crippen LogP contribution in [0.25, 0.3) is 17.1 Å². The summed E-state index contributed by atoms with van der Waals surface area (Å²) < 4.78 is 0. The third-order valence-electron chi connectivity index (χ3n) is 4.14. The Balaban J connectivity index is 1.57. The molecule has 2 heterocycles. The van der Waals surface area contributed by atoms with Gasteiger partial charge in [0.1, 0.15) is 5.82 Å². The van der Waals surface area contributed by atoms with E-state index >= 15 is 0 Å². The van der Waals surface area contributed by atoms with Crippen molar-refractivity contribution in [3.63, 3.8) is 0 Å². The zero-order valence-electron chi connectivity index (χ0n) is 12.6. The van der Waals surface area contributed by atoms with Gasteiger partial charge in [0.05, 0.1) is 28.1 Å². The molecule has 0 fully saturated rings. The van der Waals surface area contributed by atoms with Crippen molar-refractivity contribution < 1.29 is 0 Å². The third kappa shape index (κ3) is 2.41. The van der Waals surface area contributed by atoms with Gasteiger partial charge in [0.2, 0.25) is 0 Å². The molecule has 0 radical (unpaired) electrons. The Kier molecular flexibility index (Phi) is 3.22. The third-order valence-corrected chi connectivity index (χ3v) is 4.14. The Bertz CT molecular complexity index is 861. The van der Waals surface area contributed by atoms with E-state index in [0.29, 0.717) is 0 Å². The maximum atomic E-state index is 4.75. The second kappa shape index (κ2) is 5.37. The molecule has 1 aliphatic rings. The number of allylic oxidation sites excluding steroid dienone is 1. The van der Waals surface area contributed by atoms with Crippen molar-refractivity contribution in [1.29, 1.82) is 0 Å². The van der Waals surface area contributed by atoms with Gasteiger partial charge in [0, 0.05) is 12.1 Å². The summed E-state index contributed by atoms with van der Waals surface area (Å²) in [6.07, 6.45) is 8.19. The van der Waals surface area contributed by atoms with Gasteiger partial charge in [-0.05, 0) is 44.4 Å². The number of fused-ring (bicyclic) bond motifs is 2. The molecule has 2 aromatic heterocycles. The fraction of sp³-hybridized carbons (Fsp3) is 0.278. The van der Waals surface area contributed by atoms with Crippen LogP contribution in [0.4, 0.5) is 0 Å². The highest BCUT2D eigenvalue weighted by molar-refractivity contribution is 5.74. The van der Waals surface area contributed by atoms with Gasteiger partial charge in [0.25, 0.3) is 0 Å². The molecule has 0 saturated heterocycles. The van der Waals surface area contributed by atoms with Gasteiger partial charge in [-0.2, -0.15) is 0 Å². The Morgan fingerprint density at radius 2 is 1.86 bits per heavy atom. The predicted octanol–water partition coefficient (Wildman–Crippen LogP) is 3.41. The van der Waals surface area contributed by atoms with E-state index in [1.165, 1.54) is 5.69 Å². The van der Waals surface area contributed by atoms with Gasteiger partial charge < -0.3 is 4.98 Å². The summed E-state index contributed by atoms with van der Waals surface area (Å²) in [4.78, 5) is 17.5. The maximum Gasteiger partial charge on any atom is 0.107 e. The van der Waals surface area contributed by atoms with E-state index < -0.39 is 0 Å². The smallest absolute Gasteiger partial charge is 0.107 e. The summed E-state index contributed by atoms with van der Waals surface area (Å²) in [5.41, 5.74) is 6.35. The quantitative estimate of drug-likeness (QED) is 0.804. The molecule has 110 valence electrons. The topological polar surface area (TPSA) is 54.5 Å². The Labute approximate surface area is 129 Å². The molecule has 1 N–H and O–H groups in total. The fourth-order valence-electron chi connectivity index (χ4n) is 2.95. The van der Waals surface area contributed by atoms with Gasteiger partial charge >= 0.3 is 0 Å². The summed E-state index contributed by atoms with van der Waals surface area (Å²) in [5, 5.41) is 0. The summed E-state index contributed by atoms with van der Waals surface area (Å²) >= 11 is 0. The summed E-state index contributed by atoms with van der Waals surface area (Å²) in [7, 11) is 0. The molecule has 1 aliphatic carbocycles. The number of hydrogen-bond donors (Lipinski definition) is 1. The van der Waals surface area contributed by atoms with Crippen LogP contribution in [0.15, 0.2) is 30.3 Å². The SMILES string of the molecule is Cc1nc2ccccc2nc1CCc1nc2c([nH]1)CCC=C2. The maximum absolute atomic E-state index is 4.75. The second-order valence-electron chi connectivity index (χ2n) is 5.73. The van der Waals surface area contributed by atoms with Crippen molar-refractivity contribution in [3.05, 3.63) is 58.9 Å². The number of benzene rings is 1. The molecular weight excluding hydrogens is 272 g/mol. The highest BCUT2D eigenvalue weighted by Crippen LogP contribution is 2.18. The molecule has 4 rings (SSSR count). The first kappa shape index (κ1) is 13.2. The van der Waals surface area contributed by atoms with Crippen LogP contribution in [0.1, 0.15) is 35.0 Å². The largest absolute Gasteiger partial charge is 0.345 e. The van der Waals surface area contributed by atoms with Gasteiger partial charge in [-0.15, -0.1) is 0 Å². The number of aromatic nitrogens is 4. The molecule has 0 atom stereocenters. The fourth-order valence-corrected chi connectivity index (χ4v) is 2.95. The van der Waals surface area contributed by atoms with Crippen LogP contribution >= 0.6 is 0 Å². The van der Waals surface area contributed by atoms with Crippen molar-refractivity contribution in [2.75, 3.05) is 0 Å². The van der Waals surface area contributed by atoms with Crippen LogP contribution in [0.5, 0.6) is 0 Å². The van der Waals surface area contributed by atoms with Crippen LogP contribution in [0.3, 0.4) is 0 Å². The van der Waals surface area contributed by atoms with Crippen LogP contribution in [-0.2, 0) is 19.3 Å². The highest BCUT2D eigenvalue weighted by atomic mass is 14.9. The number of imidazole rings is 1. The summed E-state index contributed by atoms with van der Waals surface area (Å²) in [6, 6.07) is 8.02. The molecule has 4 nitrogen and oxygen atoms in total. The first-order valence-corrected chi connectivity index (χ1v) is 7.76. The van der Waals surface area contributed by atoms with E-state index in [-0.39, 0.29) is 0 Å². The number of para-hydroxylation sites is 2. The van der Waals surface area contributed by atoms with Gasteiger partial charge in [-0.1, -0.05) is 18.2 Å². The lowest BCUT2D eigenvalue weighted by Crippen LogP contribution is -2.02. The Morgan fingerprint density at radius 3 is 2.68 bits per heavy atom. The number of aryl methyl sites for hydroxylation is 4. The molecule has 0 unspecified atom stereocenters. The number of hydrogen-bond acceptors (Lipinski definition) is 3. The Hall–Kier alpha value is -2.49. The normalized spacial score (nSPS) is 13.5. The zero-order chi connectivity index (χ0) is 14.9.